The molecule has 19 heavy (non-hydrogen) atoms. The summed E-state index contributed by atoms with van der Waals surface area (Å²) in [7, 11) is 0. The number of benzene rings is 1. The molecule has 0 amide bonds. The molecule has 2 fully saturated rings. The lowest BCUT2D eigenvalue weighted by Crippen LogP contribution is -2.25. The first-order valence-corrected chi connectivity index (χ1v) is 6.49. The molecule has 2 aliphatic rings. The van der Waals surface area contributed by atoms with E-state index in [1.165, 1.54) is 12.1 Å². The van der Waals surface area contributed by atoms with E-state index >= 15 is 0 Å². The molecule has 3 rings (SSSR count). The molecular formula is C13H16FN3O2. The molecule has 102 valence electrons. The fourth-order valence-electron chi connectivity index (χ4n) is 3.10. The molecule has 0 radical (unpaired) electrons. The van der Waals surface area contributed by atoms with Gasteiger partial charge in [0.05, 0.1) is 11.0 Å². The van der Waals surface area contributed by atoms with E-state index in [0.29, 0.717) is 23.9 Å². The fraction of sp³-hybridized carbons (Fsp3) is 0.538. The van der Waals surface area contributed by atoms with Crippen molar-refractivity contribution in [2.75, 3.05) is 26.2 Å². The highest BCUT2D eigenvalue weighted by Gasteiger charge is 2.36. The van der Waals surface area contributed by atoms with Gasteiger partial charge >= 0.3 is 0 Å². The number of hydrogen-bond acceptors (Lipinski definition) is 4. The third-order valence-electron chi connectivity index (χ3n) is 4.11. The maximum absolute atomic E-state index is 13.8. The zero-order valence-corrected chi connectivity index (χ0v) is 10.5. The molecule has 2 heterocycles. The summed E-state index contributed by atoms with van der Waals surface area (Å²) in [4.78, 5) is 12.2. The first-order chi connectivity index (χ1) is 9.13. The molecule has 5 nitrogen and oxygen atoms in total. The number of nitrogens with one attached hydrogen (secondary N) is 1. The number of halogens is 1. The average molecular weight is 265 g/mol. The number of non-ortho nitro benzene ring substituents is 1. The van der Waals surface area contributed by atoms with Crippen LogP contribution in [0, 0.1) is 27.8 Å². The van der Waals surface area contributed by atoms with Crippen LogP contribution in [0.2, 0.25) is 0 Å². The van der Waals surface area contributed by atoms with Gasteiger partial charge in [-0.25, -0.2) is 4.39 Å². The van der Waals surface area contributed by atoms with Gasteiger partial charge in [-0.2, -0.15) is 0 Å². The Hall–Kier alpha value is -1.53. The molecule has 2 atom stereocenters. The Bertz CT molecular complexity index is 497. The third kappa shape index (κ3) is 2.46. The van der Waals surface area contributed by atoms with Crippen LogP contribution in [-0.4, -0.2) is 36.0 Å². The van der Waals surface area contributed by atoms with Crippen LogP contribution < -0.4 is 5.32 Å². The van der Waals surface area contributed by atoms with Crippen molar-refractivity contribution in [2.24, 2.45) is 11.8 Å². The highest BCUT2D eigenvalue weighted by Crippen LogP contribution is 2.28. The average Bonchev–Trinajstić information content (AvgIpc) is 2.92. The van der Waals surface area contributed by atoms with Crippen LogP contribution in [0.1, 0.15) is 5.56 Å². The van der Waals surface area contributed by atoms with Gasteiger partial charge in [0.1, 0.15) is 5.82 Å². The summed E-state index contributed by atoms with van der Waals surface area (Å²) in [5.74, 6) is 0.853. The highest BCUT2D eigenvalue weighted by molar-refractivity contribution is 5.34. The largest absolute Gasteiger partial charge is 0.316 e. The molecule has 0 spiro atoms. The number of nitro groups is 1. The van der Waals surface area contributed by atoms with Crippen molar-refractivity contribution in [2.45, 2.75) is 6.54 Å². The van der Waals surface area contributed by atoms with E-state index < -0.39 is 10.7 Å². The summed E-state index contributed by atoms with van der Waals surface area (Å²) in [5.41, 5.74) is 0.349. The Morgan fingerprint density at radius 1 is 1.37 bits per heavy atom. The van der Waals surface area contributed by atoms with Crippen LogP contribution in [-0.2, 0) is 6.54 Å². The summed E-state index contributed by atoms with van der Waals surface area (Å²) in [5, 5.41) is 13.9. The van der Waals surface area contributed by atoms with E-state index in [2.05, 4.69) is 10.2 Å². The quantitative estimate of drug-likeness (QED) is 0.662. The summed E-state index contributed by atoms with van der Waals surface area (Å²) in [6.07, 6.45) is 0. The maximum Gasteiger partial charge on any atom is 0.272 e. The lowest BCUT2D eigenvalue weighted by atomic mass is 10.0. The van der Waals surface area contributed by atoms with Crippen molar-refractivity contribution >= 4 is 5.69 Å². The summed E-state index contributed by atoms with van der Waals surface area (Å²) in [6, 6.07) is 3.91. The fourth-order valence-corrected chi connectivity index (χ4v) is 3.10. The Balaban J connectivity index is 1.69. The Morgan fingerprint density at radius 3 is 2.63 bits per heavy atom. The zero-order chi connectivity index (χ0) is 13.4. The van der Waals surface area contributed by atoms with Crippen molar-refractivity contribution < 1.29 is 9.31 Å². The highest BCUT2D eigenvalue weighted by atomic mass is 19.1. The Kier molecular flexibility index (Phi) is 3.20. The van der Waals surface area contributed by atoms with Gasteiger partial charge in [0.25, 0.3) is 5.69 Å². The molecule has 1 aromatic rings. The van der Waals surface area contributed by atoms with Gasteiger partial charge in [-0.05, 0) is 31.0 Å². The first kappa shape index (κ1) is 12.5. The second-order valence-electron chi connectivity index (χ2n) is 5.41. The minimum absolute atomic E-state index is 0.191. The second kappa shape index (κ2) is 4.86. The molecule has 0 saturated carbocycles. The van der Waals surface area contributed by atoms with Crippen LogP contribution >= 0.6 is 0 Å². The maximum atomic E-state index is 13.8. The molecule has 0 unspecified atom stereocenters. The minimum Gasteiger partial charge on any atom is -0.316 e. The zero-order valence-electron chi connectivity index (χ0n) is 10.5. The molecule has 6 heteroatoms. The number of nitro benzene ring substituents is 1. The summed E-state index contributed by atoms with van der Waals surface area (Å²) in [6.45, 7) is 4.59. The van der Waals surface area contributed by atoms with E-state index in [9.17, 15) is 14.5 Å². The molecule has 0 aliphatic carbocycles. The summed E-state index contributed by atoms with van der Waals surface area (Å²) >= 11 is 0. The van der Waals surface area contributed by atoms with Crippen LogP contribution in [0.4, 0.5) is 10.1 Å². The van der Waals surface area contributed by atoms with Crippen molar-refractivity contribution in [3.8, 4) is 0 Å². The number of likely N-dealkylation sites (tertiary alicyclic amines) is 1. The Morgan fingerprint density at radius 2 is 2.05 bits per heavy atom. The number of hydrogen-bond donors (Lipinski definition) is 1. The standard InChI is InChI=1S/C13H16FN3O2/c14-13-3-12(17(18)19)2-1-9(13)6-16-7-10-4-15-5-11(10)8-16/h1-3,10-11,15H,4-8H2/t10-,11+. The molecule has 1 aromatic carbocycles. The minimum atomic E-state index is -0.571. The monoisotopic (exact) mass is 265 g/mol. The SMILES string of the molecule is O=[N+]([O-])c1ccc(CN2C[C@H]3CNC[C@H]3C2)c(F)c1. The van der Waals surface area contributed by atoms with Crippen molar-refractivity contribution in [1.29, 1.82) is 0 Å². The van der Waals surface area contributed by atoms with E-state index in [1.54, 1.807) is 0 Å². The lowest BCUT2D eigenvalue weighted by molar-refractivity contribution is -0.385. The van der Waals surface area contributed by atoms with Crippen molar-refractivity contribution in [3.05, 3.63) is 39.7 Å². The Labute approximate surface area is 110 Å². The molecular weight excluding hydrogens is 249 g/mol. The van der Waals surface area contributed by atoms with Gasteiger partial charge in [0.15, 0.2) is 0 Å². The predicted molar refractivity (Wildman–Crippen MR) is 68.2 cm³/mol. The van der Waals surface area contributed by atoms with Crippen LogP contribution in [0.15, 0.2) is 18.2 Å². The van der Waals surface area contributed by atoms with E-state index in [4.69, 9.17) is 0 Å². The third-order valence-corrected chi connectivity index (χ3v) is 4.11. The summed E-state index contributed by atoms with van der Waals surface area (Å²) < 4.78 is 13.8. The molecule has 0 bridgehead atoms. The molecule has 2 saturated heterocycles. The van der Waals surface area contributed by atoms with E-state index in [0.717, 1.165) is 32.2 Å². The smallest absolute Gasteiger partial charge is 0.272 e. The molecule has 2 aliphatic heterocycles. The van der Waals surface area contributed by atoms with Gasteiger partial charge in [-0.15, -0.1) is 0 Å². The molecule has 0 aromatic heterocycles. The number of fused-ring (bicyclic) bond motifs is 1. The van der Waals surface area contributed by atoms with Crippen LogP contribution in [0.25, 0.3) is 0 Å². The second-order valence-corrected chi connectivity index (χ2v) is 5.41. The van der Waals surface area contributed by atoms with Gasteiger partial charge < -0.3 is 5.32 Å². The first-order valence-electron chi connectivity index (χ1n) is 6.49. The van der Waals surface area contributed by atoms with Gasteiger partial charge in [-0.3, -0.25) is 15.0 Å². The normalized spacial score (nSPS) is 26.6. The van der Waals surface area contributed by atoms with Crippen LogP contribution in [0.3, 0.4) is 0 Å². The topological polar surface area (TPSA) is 58.4 Å². The van der Waals surface area contributed by atoms with Crippen molar-refractivity contribution in [1.82, 2.24) is 10.2 Å². The van der Waals surface area contributed by atoms with E-state index in [1.807, 2.05) is 0 Å². The lowest BCUT2D eigenvalue weighted by Gasteiger charge is -2.17. The number of rotatable bonds is 3. The number of nitrogens with zero attached hydrogens (tertiary/aromatic N) is 2. The van der Waals surface area contributed by atoms with E-state index in [-0.39, 0.29) is 5.69 Å². The van der Waals surface area contributed by atoms with Gasteiger partial charge in [0, 0.05) is 31.3 Å². The molecule has 1 N–H and O–H groups in total. The van der Waals surface area contributed by atoms with Gasteiger partial charge in [-0.1, -0.05) is 0 Å². The van der Waals surface area contributed by atoms with Crippen LogP contribution in [0.5, 0.6) is 0 Å². The predicted octanol–water partition coefficient (Wildman–Crippen LogP) is 1.39. The van der Waals surface area contributed by atoms with Crippen molar-refractivity contribution in [3.63, 3.8) is 0 Å². The van der Waals surface area contributed by atoms with Gasteiger partial charge in [0.2, 0.25) is 0 Å².